The molecule has 2 rings (SSSR count). The third-order valence-corrected chi connectivity index (χ3v) is 2.53. The van der Waals surface area contributed by atoms with Crippen molar-refractivity contribution in [3.8, 4) is 0 Å². The summed E-state index contributed by atoms with van der Waals surface area (Å²) >= 11 is 0. The Morgan fingerprint density at radius 1 is 1.31 bits per heavy atom. The van der Waals surface area contributed by atoms with Gasteiger partial charge in [0, 0.05) is 6.61 Å². The zero-order valence-corrected chi connectivity index (χ0v) is 7.00. The maximum Gasteiger partial charge on any atom is 0.159 e. The Morgan fingerprint density at radius 2 is 2.08 bits per heavy atom. The van der Waals surface area contributed by atoms with Crippen molar-refractivity contribution in [1.29, 1.82) is 0 Å². The molecule has 1 aliphatic carbocycles. The fraction of sp³-hybridized carbons (Fsp3) is 0.400. The molecule has 0 heterocycles. The van der Waals surface area contributed by atoms with E-state index in [-0.39, 0.29) is 18.4 Å². The van der Waals surface area contributed by atoms with Gasteiger partial charge in [-0.2, -0.15) is 0 Å². The van der Waals surface area contributed by atoms with E-state index in [4.69, 9.17) is 5.11 Å². The van der Waals surface area contributed by atoms with E-state index < -0.39 is 11.6 Å². The Labute approximate surface area is 75.0 Å². The van der Waals surface area contributed by atoms with E-state index >= 15 is 0 Å². The van der Waals surface area contributed by atoms with Gasteiger partial charge in [-0.3, -0.25) is 0 Å². The molecule has 1 fully saturated rings. The molecule has 2 atom stereocenters. The van der Waals surface area contributed by atoms with Crippen molar-refractivity contribution < 1.29 is 13.9 Å². The lowest BCUT2D eigenvalue weighted by Gasteiger charge is -1.99. The van der Waals surface area contributed by atoms with Gasteiger partial charge in [0.25, 0.3) is 0 Å². The number of benzene rings is 1. The van der Waals surface area contributed by atoms with Crippen molar-refractivity contribution in [2.75, 3.05) is 6.61 Å². The van der Waals surface area contributed by atoms with Crippen LogP contribution in [0.1, 0.15) is 17.9 Å². The molecule has 1 N–H and O–H groups in total. The molecule has 0 aliphatic heterocycles. The van der Waals surface area contributed by atoms with E-state index in [1.165, 1.54) is 6.07 Å². The minimum atomic E-state index is -0.815. The molecule has 0 amide bonds. The van der Waals surface area contributed by atoms with Gasteiger partial charge in [-0.15, -0.1) is 0 Å². The van der Waals surface area contributed by atoms with Crippen LogP contribution in [0.25, 0.3) is 0 Å². The molecular weight excluding hydrogens is 174 g/mol. The van der Waals surface area contributed by atoms with E-state index in [1.54, 1.807) is 6.07 Å². The van der Waals surface area contributed by atoms with Gasteiger partial charge < -0.3 is 5.11 Å². The van der Waals surface area contributed by atoms with Crippen LogP contribution in [0.3, 0.4) is 0 Å². The molecular formula is C10H10F2O. The third-order valence-electron chi connectivity index (χ3n) is 2.53. The van der Waals surface area contributed by atoms with Crippen LogP contribution in [0.2, 0.25) is 0 Å². The molecule has 3 heteroatoms. The lowest BCUT2D eigenvalue weighted by Crippen LogP contribution is -1.91. The number of halogens is 2. The SMILES string of the molecule is OC[C@H]1C[C@@H]1c1ccc(F)c(F)c1. The fourth-order valence-electron chi connectivity index (χ4n) is 1.60. The third kappa shape index (κ3) is 1.56. The zero-order valence-electron chi connectivity index (χ0n) is 7.00. The van der Waals surface area contributed by atoms with Crippen LogP contribution >= 0.6 is 0 Å². The van der Waals surface area contributed by atoms with Crippen LogP contribution in [-0.2, 0) is 0 Å². The van der Waals surface area contributed by atoms with E-state index in [2.05, 4.69) is 0 Å². The Hall–Kier alpha value is -0.960. The number of rotatable bonds is 2. The van der Waals surface area contributed by atoms with Crippen molar-refractivity contribution in [3.63, 3.8) is 0 Å². The molecule has 70 valence electrons. The standard InChI is InChI=1S/C10H10F2O/c11-9-2-1-6(4-10(9)12)8-3-7(8)5-13/h1-2,4,7-8,13H,3,5H2/t7-,8-/m1/s1. The largest absolute Gasteiger partial charge is 0.396 e. The predicted octanol–water partition coefficient (Wildman–Crippen LogP) is 2.06. The Morgan fingerprint density at radius 3 is 2.62 bits per heavy atom. The summed E-state index contributed by atoms with van der Waals surface area (Å²) in [6.07, 6.45) is 0.877. The number of aliphatic hydroxyl groups is 1. The predicted molar refractivity (Wildman–Crippen MR) is 44.3 cm³/mol. The molecule has 0 bridgehead atoms. The highest BCUT2D eigenvalue weighted by molar-refractivity contribution is 5.27. The molecule has 0 unspecified atom stereocenters. The van der Waals surface area contributed by atoms with Gasteiger partial charge in [0.2, 0.25) is 0 Å². The summed E-state index contributed by atoms with van der Waals surface area (Å²) in [5.41, 5.74) is 0.790. The molecule has 1 aromatic carbocycles. The van der Waals surface area contributed by atoms with Gasteiger partial charge >= 0.3 is 0 Å². The van der Waals surface area contributed by atoms with Crippen LogP contribution in [-0.4, -0.2) is 11.7 Å². The van der Waals surface area contributed by atoms with Crippen LogP contribution in [0.5, 0.6) is 0 Å². The molecule has 1 aromatic rings. The Bertz CT molecular complexity index is 325. The normalized spacial score (nSPS) is 26.1. The van der Waals surface area contributed by atoms with Crippen LogP contribution < -0.4 is 0 Å². The van der Waals surface area contributed by atoms with E-state index in [0.717, 1.165) is 18.1 Å². The first-order chi connectivity index (χ1) is 6.22. The maximum atomic E-state index is 12.8. The highest BCUT2D eigenvalue weighted by Crippen LogP contribution is 2.47. The first kappa shape index (κ1) is 8.63. The minimum absolute atomic E-state index is 0.129. The minimum Gasteiger partial charge on any atom is -0.396 e. The quantitative estimate of drug-likeness (QED) is 0.745. The summed E-state index contributed by atoms with van der Waals surface area (Å²) < 4.78 is 25.3. The molecule has 13 heavy (non-hydrogen) atoms. The average molecular weight is 184 g/mol. The van der Waals surface area contributed by atoms with Gasteiger partial charge in [-0.1, -0.05) is 6.07 Å². The van der Waals surface area contributed by atoms with Gasteiger partial charge in [0.1, 0.15) is 0 Å². The van der Waals surface area contributed by atoms with Crippen molar-refractivity contribution in [2.24, 2.45) is 5.92 Å². The molecule has 0 aromatic heterocycles. The summed E-state index contributed by atoms with van der Waals surface area (Å²) in [4.78, 5) is 0. The lowest BCUT2D eigenvalue weighted by atomic mass is 10.1. The maximum absolute atomic E-state index is 12.8. The molecule has 1 nitrogen and oxygen atoms in total. The van der Waals surface area contributed by atoms with Crippen LogP contribution in [0.4, 0.5) is 8.78 Å². The second-order valence-electron chi connectivity index (χ2n) is 3.46. The molecule has 0 spiro atoms. The van der Waals surface area contributed by atoms with Gasteiger partial charge in [-0.05, 0) is 36.0 Å². The van der Waals surface area contributed by atoms with E-state index in [0.29, 0.717) is 0 Å². The first-order valence-corrected chi connectivity index (χ1v) is 4.28. The molecule has 0 radical (unpaired) electrons. The van der Waals surface area contributed by atoms with Crippen molar-refractivity contribution in [2.45, 2.75) is 12.3 Å². The van der Waals surface area contributed by atoms with Gasteiger partial charge in [-0.25, -0.2) is 8.78 Å². The molecule has 1 saturated carbocycles. The molecule has 1 aliphatic rings. The Kier molecular flexibility index (Phi) is 2.04. The number of aliphatic hydroxyl groups excluding tert-OH is 1. The monoisotopic (exact) mass is 184 g/mol. The number of hydrogen-bond acceptors (Lipinski definition) is 1. The molecule has 0 saturated heterocycles. The highest BCUT2D eigenvalue weighted by Gasteiger charge is 2.37. The zero-order chi connectivity index (χ0) is 9.42. The van der Waals surface area contributed by atoms with E-state index in [9.17, 15) is 8.78 Å². The smallest absolute Gasteiger partial charge is 0.159 e. The fourth-order valence-corrected chi connectivity index (χ4v) is 1.60. The van der Waals surface area contributed by atoms with Gasteiger partial charge in [0.15, 0.2) is 11.6 Å². The summed E-state index contributed by atoms with van der Waals surface area (Å²) in [5.74, 6) is -1.16. The summed E-state index contributed by atoms with van der Waals surface area (Å²) in [6, 6.07) is 3.94. The second-order valence-corrected chi connectivity index (χ2v) is 3.46. The average Bonchev–Trinajstić information content (AvgIpc) is 2.88. The van der Waals surface area contributed by atoms with E-state index in [1.807, 2.05) is 0 Å². The van der Waals surface area contributed by atoms with Crippen LogP contribution in [0, 0.1) is 17.6 Å². The van der Waals surface area contributed by atoms with Crippen LogP contribution in [0.15, 0.2) is 18.2 Å². The van der Waals surface area contributed by atoms with Crippen molar-refractivity contribution in [3.05, 3.63) is 35.4 Å². The highest BCUT2D eigenvalue weighted by atomic mass is 19.2. The van der Waals surface area contributed by atoms with Crippen molar-refractivity contribution in [1.82, 2.24) is 0 Å². The first-order valence-electron chi connectivity index (χ1n) is 4.28. The topological polar surface area (TPSA) is 20.2 Å². The summed E-state index contributed by atoms with van der Waals surface area (Å²) in [5, 5.41) is 8.79. The van der Waals surface area contributed by atoms with Gasteiger partial charge in [0.05, 0.1) is 0 Å². The summed E-state index contributed by atoms with van der Waals surface area (Å²) in [7, 11) is 0. The Balaban J connectivity index is 2.19. The second kappa shape index (κ2) is 3.07. The number of hydrogen-bond donors (Lipinski definition) is 1. The van der Waals surface area contributed by atoms with Crippen molar-refractivity contribution >= 4 is 0 Å². The lowest BCUT2D eigenvalue weighted by molar-refractivity contribution is 0.274. The summed E-state index contributed by atoms with van der Waals surface area (Å²) in [6.45, 7) is 0.129.